The van der Waals surface area contributed by atoms with Crippen molar-refractivity contribution in [2.24, 2.45) is 7.05 Å². The fourth-order valence-electron chi connectivity index (χ4n) is 4.73. The van der Waals surface area contributed by atoms with Crippen molar-refractivity contribution >= 4 is 44.8 Å². The largest absolute Gasteiger partial charge is 0.300 e. The Kier molecular flexibility index (Phi) is 8.39. The minimum absolute atomic E-state index is 0.107. The van der Waals surface area contributed by atoms with E-state index in [0.29, 0.717) is 16.2 Å². The second-order valence-corrected chi connectivity index (χ2v) is 11.4. The summed E-state index contributed by atoms with van der Waals surface area (Å²) in [6, 6.07) is 7.40. The highest BCUT2D eigenvalue weighted by molar-refractivity contribution is 7.15. The van der Waals surface area contributed by atoms with Gasteiger partial charge < -0.3 is 5.32 Å². The average molecular weight is 550 g/mol. The summed E-state index contributed by atoms with van der Waals surface area (Å²) in [5.41, 5.74) is 1.72. The zero-order valence-electron chi connectivity index (χ0n) is 21.0. The highest BCUT2D eigenvalue weighted by Crippen LogP contribution is 2.41. The first-order chi connectivity index (χ1) is 18.5. The Morgan fingerprint density at radius 1 is 0.895 bits per heavy atom. The lowest BCUT2D eigenvalue weighted by Crippen LogP contribution is -2.35. The first-order valence-electron chi connectivity index (χ1n) is 12.6. The molecular formula is C26H29N8O2S2+. The van der Waals surface area contributed by atoms with Crippen LogP contribution in [0.15, 0.2) is 49.1 Å². The van der Waals surface area contributed by atoms with Crippen LogP contribution in [-0.4, -0.2) is 37.1 Å². The van der Waals surface area contributed by atoms with Gasteiger partial charge in [0.1, 0.15) is 5.01 Å². The molecule has 38 heavy (non-hydrogen) atoms. The number of hydrogen-bond donors (Lipinski definition) is 2. The SMILES string of the molecule is C[n+]1nc(NC(=O)Cc2cccnc2)sc1C1CCCCC(c2nnc(NC(=O)Cc3cccnc3)s2)C1. The van der Waals surface area contributed by atoms with E-state index < -0.39 is 0 Å². The molecule has 5 rings (SSSR count). The average Bonchev–Trinajstić information content (AvgIpc) is 3.43. The number of aromatic nitrogens is 6. The van der Waals surface area contributed by atoms with Gasteiger partial charge in [-0.1, -0.05) is 41.0 Å². The molecule has 1 saturated carbocycles. The fraction of sp³-hybridized carbons (Fsp3) is 0.385. The number of hydrogen-bond acceptors (Lipinski definition) is 9. The van der Waals surface area contributed by atoms with Gasteiger partial charge in [-0.25, -0.2) is 0 Å². The van der Waals surface area contributed by atoms with Gasteiger partial charge in [0.05, 0.1) is 18.8 Å². The molecule has 12 heteroatoms. The van der Waals surface area contributed by atoms with Crippen LogP contribution in [0.3, 0.4) is 0 Å². The Bertz CT molecular complexity index is 1380. The topological polar surface area (TPSA) is 127 Å². The summed E-state index contributed by atoms with van der Waals surface area (Å²) in [4.78, 5) is 33.1. The summed E-state index contributed by atoms with van der Waals surface area (Å²) in [5, 5.41) is 22.3. The van der Waals surface area contributed by atoms with Crippen molar-refractivity contribution in [3.63, 3.8) is 0 Å². The molecule has 0 saturated heterocycles. The predicted molar refractivity (Wildman–Crippen MR) is 145 cm³/mol. The van der Waals surface area contributed by atoms with Gasteiger partial charge in [-0.2, -0.15) is 0 Å². The molecule has 2 amide bonds. The zero-order chi connectivity index (χ0) is 26.3. The normalized spacial score (nSPS) is 17.5. The molecule has 196 valence electrons. The summed E-state index contributed by atoms with van der Waals surface area (Å²) in [5.74, 6) is 0.329. The Balaban J connectivity index is 1.21. The van der Waals surface area contributed by atoms with Gasteiger partial charge >= 0.3 is 0 Å². The molecule has 0 bridgehead atoms. The third kappa shape index (κ3) is 6.81. The molecule has 10 nitrogen and oxygen atoms in total. The van der Waals surface area contributed by atoms with Crippen LogP contribution in [0.5, 0.6) is 0 Å². The van der Waals surface area contributed by atoms with E-state index in [1.807, 2.05) is 36.0 Å². The van der Waals surface area contributed by atoms with Crippen molar-refractivity contribution in [1.29, 1.82) is 0 Å². The molecule has 4 heterocycles. The Morgan fingerprint density at radius 3 is 2.16 bits per heavy atom. The molecule has 1 fully saturated rings. The van der Waals surface area contributed by atoms with Crippen molar-refractivity contribution in [1.82, 2.24) is 25.3 Å². The Hall–Kier alpha value is -3.64. The Morgan fingerprint density at radius 2 is 1.53 bits per heavy atom. The van der Waals surface area contributed by atoms with E-state index >= 15 is 0 Å². The number of anilines is 2. The van der Waals surface area contributed by atoms with Gasteiger partial charge in [-0.15, -0.1) is 10.2 Å². The lowest BCUT2D eigenvalue weighted by atomic mass is 9.94. The molecule has 4 aromatic rings. The quantitative estimate of drug-likeness (QED) is 0.253. The second-order valence-electron chi connectivity index (χ2n) is 9.40. The summed E-state index contributed by atoms with van der Waals surface area (Å²) in [6.45, 7) is 0. The van der Waals surface area contributed by atoms with Crippen molar-refractivity contribution in [3.8, 4) is 0 Å². The zero-order valence-corrected chi connectivity index (χ0v) is 22.7. The highest BCUT2D eigenvalue weighted by atomic mass is 32.1. The first kappa shape index (κ1) is 26.0. The monoisotopic (exact) mass is 549 g/mol. The number of pyridine rings is 2. The number of aryl methyl sites for hydroxylation is 1. The van der Waals surface area contributed by atoms with E-state index in [1.165, 1.54) is 22.7 Å². The molecule has 2 atom stereocenters. The standard InChI is InChI=1S/C26H28N8O2S2/c1-34-24(38-26(33-34)30-22(36)13-18-7-5-11-28-16-18)20-9-3-2-8-19(14-20)23-31-32-25(37-23)29-21(35)12-17-6-4-10-27-15-17/h4-7,10-11,15-16,19-20H,2-3,8-9,12-14H2,1H3,(H-,29,30,32,33,35,36)/p+1. The maximum Gasteiger partial charge on any atom is 0.269 e. The number of carbonyl (C=O) groups is 2. The van der Waals surface area contributed by atoms with Crippen LogP contribution in [0, 0.1) is 0 Å². The van der Waals surface area contributed by atoms with Gasteiger partial charge in [0.2, 0.25) is 16.9 Å². The number of amides is 2. The summed E-state index contributed by atoms with van der Waals surface area (Å²) >= 11 is 2.99. The van der Waals surface area contributed by atoms with Gasteiger partial charge in [0.25, 0.3) is 10.1 Å². The van der Waals surface area contributed by atoms with Gasteiger partial charge in [-0.3, -0.25) is 24.9 Å². The van der Waals surface area contributed by atoms with E-state index in [2.05, 4.69) is 35.9 Å². The van der Waals surface area contributed by atoms with Gasteiger partial charge in [0, 0.05) is 35.8 Å². The number of rotatable bonds is 8. The molecular weight excluding hydrogens is 520 g/mol. The summed E-state index contributed by atoms with van der Waals surface area (Å²) in [6.07, 6.45) is 12.5. The van der Waals surface area contributed by atoms with Crippen molar-refractivity contribution in [3.05, 3.63) is 70.2 Å². The maximum absolute atomic E-state index is 12.5. The minimum atomic E-state index is -0.130. The van der Waals surface area contributed by atoms with E-state index in [0.717, 1.165) is 53.2 Å². The van der Waals surface area contributed by atoms with Crippen molar-refractivity contribution < 1.29 is 14.3 Å². The van der Waals surface area contributed by atoms with Crippen LogP contribution in [0.4, 0.5) is 10.3 Å². The number of nitrogens with one attached hydrogen (secondary N) is 2. The minimum Gasteiger partial charge on any atom is -0.300 e. The van der Waals surface area contributed by atoms with Crippen molar-refractivity contribution in [2.45, 2.75) is 56.8 Å². The van der Waals surface area contributed by atoms with Gasteiger partial charge in [-0.05, 0) is 53.9 Å². The molecule has 0 radical (unpaired) electrons. The molecule has 0 aromatic carbocycles. The molecule has 4 aromatic heterocycles. The van der Waals surface area contributed by atoms with Crippen LogP contribution in [0.1, 0.15) is 65.1 Å². The smallest absolute Gasteiger partial charge is 0.269 e. The summed E-state index contributed by atoms with van der Waals surface area (Å²) in [7, 11) is 1.93. The third-order valence-electron chi connectivity index (χ3n) is 6.49. The lowest BCUT2D eigenvalue weighted by Gasteiger charge is -2.13. The fourth-order valence-corrected chi connectivity index (χ4v) is 6.72. The van der Waals surface area contributed by atoms with Crippen molar-refractivity contribution in [2.75, 3.05) is 10.6 Å². The number of nitrogens with zero attached hydrogens (tertiary/aromatic N) is 6. The molecule has 2 N–H and O–H groups in total. The first-order valence-corrected chi connectivity index (χ1v) is 14.2. The third-order valence-corrected chi connectivity index (χ3v) is 8.68. The molecule has 2 unspecified atom stereocenters. The number of carbonyl (C=O) groups excluding carboxylic acids is 2. The van der Waals surface area contributed by atoms with E-state index in [-0.39, 0.29) is 30.6 Å². The van der Waals surface area contributed by atoms with Crippen LogP contribution >= 0.6 is 22.7 Å². The van der Waals surface area contributed by atoms with Gasteiger partial charge in [0.15, 0.2) is 7.05 Å². The highest BCUT2D eigenvalue weighted by Gasteiger charge is 2.33. The molecule has 0 spiro atoms. The van der Waals surface area contributed by atoms with Crippen LogP contribution in [-0.2, 0) is 29.5 Å². The van der Waals surface area contributed by atoms with E-state index in [1.54, 1.807) is 24.8 Å². The maximum atomic E-state index is 12.5. The lowest BCUT2D eigenvalue weighted by molar-refractivity contribution is -0.732. The molecule has 0 aliphatic heterocycles. The second kappa shape index (κ2) is 12.3. The molecule has 1 aliphatic rings. The molecule has 1 aliphatic carbocycles. The summed E-state index contributed by atoms with van der Waals surface area (Å²) < 4.78 is 1.89. The van der Waals surface area contributed by atoms with Crippen LogP contribution < -0.4 is 15.3 Å². The Labute approximate surface area is 228 Å². The van der Waals surface area contributed by atoms with Crippen LogP contribution in [0.25, 0.3) is 0 Å². The van der Waals surface area contributed by atoms with Crippen LogP contribution in [0.2, 0.25) is 0 Å². The van der Waals surface area contributed by atoms with E-state index in [9.17, 15) is 9.59 Å². The predicted octanol–water partition coefficient (Wildman–Crippen LogP) is 3.80. The van der Waals surface area contributed by atoms with E-state index in [4.69, 9.17) is 0 Å².